The van der Waals surface area contributed by atoms with E-state index < -0.39 is 0 Å². The third-order valence-corrected chi connectivity index (χ3v) is 11.4. The van der Waals surface area contributed by atoms with Gasteiger partial charge < -0.3 is 18.0 Å². The molecule has 0 bridgehead atoms. The van der Waals surface area contributed by atoms with Crippen molar-refractivity contribution in [1.29, 1.82) is 10.5 Å². The molecule has 0 spiro atoms. The van der Waals surface area contributed by atoms with Gasteiger partial charge in [-0.15, -0.1) is 0 Å². The molecule has 0 amide bonds. The zero-order chi connectivity index (χ0) is 37.1. The number of furan rings is 2. The monoisotopic (exact) mass is 714 g/mol. The molecule has 0 fully saturated rings. The van der Waals surface area contributed by atoms with E-state index in [9.17, 15) is 10.5 Å². The first-order valence-corrected chi connectivity index (χ1v) is 18.5. The van der Waals surface area contributed by atoms with Gasteiger partial charge in [0.15, 0.2) is 0 Å². The van der Waals surface area contributed by atoms with Crippen molar-refractivity contribution in [3.63, 3.8) is 0 Å². The molecule has 0 unspecified atom stereocenters. The Kier molecular flexibility index (Phi) is 6.10. The number of fused-ring (bicyclic) bond motifs is 14. The average molecular weight is 715 g/mol. The second-order valence-corrected chi connectivity index (χ2v) is 14.3. The van der Waals surface area contributed by atoms with E-state index in [1.807, 2.05) is 84.9 Å². The van der Waals surface area contributed by atoms with Crippen LogP contribution in [0.3, 0.4) is 0 Å². The minimum Gasteiger partial charge on any atom is -0.455 e. The molecule has 4 aromatic heterocycles. The number of nitrogens with zero attached hydrogens (tertiary/aromatic N) is 4. The van der Waals surface area contributed by atoms with Crippen LogP contribution in [0.5, 0.6) is 0 Å². The van der Waals surface area contributed by atoms with Crippen LogP contribution in [0.4, 0.5) is 0 Å². The topological polar surface area (TPSA) is 83.7 Å². The van der Waals surface area contributed by atoms with Gasteiger partial charge >= 0.3 is 0 Å². The summed E-state index contributed by atoms with van der Waals surface area (Å²) >= 11 is 0. The lowest BCUT2D eigenvalue weighted by molar-refractivity contribution is 0.672. The summed E-state index contributed by atoms with van der Waals surface area (Å²) in [5, 5.41) is 29.6. The largest absolute Gasteiger partial charge is 0.455 e. The van der Waals surface area contributed by atoms with Crippen molar-refractivity contribution >= 4 is 87.5 Å². The molecule has 0 aliphatic heterocycles. The highest BCUT2D eigenvalue weighted by molar-refractivity contribution is 6.25. The third-order valence-electron chi connectivity index (χ3n) is 11.4. The minimum absolute atomic E-state index is 0.481. The molecule has 8 aromatic carbocycles. The number of rotatable bonds is 3. The van der Waals surface area contributed by atoms with Gasteiger partial charge in [-0.1, -0.05) is 72.8 Å². The van der Waals surface area contributed by atoms with E-state index >= 15 is 0 Å². The normalized spacial score (nSPS) is 11.9. The minimum atomic E-state index is 0.481. The van der Waals surface area contributed by atoms with Crippen molar-refractivity contribution < 1.29 is 8.83 Å². The Balaban J connectivity index is 1.10. The standard InChI is InChI=1S/C50H26N4O2/c51-27-29-17-19-31(53-41-13-5-1-11-37(41)47-43(53)23-21-35-33-9-3-7-15-45(33)55-49(35)47)25-39(29)40-26-32(20-18-30(40)28-52)54-42-14-6-2-12-38(42)48-44(54)24-22-36-34-10-4-8-16-46(34)56-50(36)48/h1-26H. The first-order chi connectivity index (χ1) is 27.7. The second-order valence-electron chi connectivity index (χ2n) is 14.3. The van der Waals surface area contributed by atoms with Gasteiger partial charge in [0.25, 0.3) is 0 Å². The molecule has 12 aromatic rings. The number of nitriles is 2. The molecule has 12 rings (SSSR count). The fourth-order valence-corrected chi connectivity index (χ4v) is 9.01. The molecular weight excluding hydrogens is 689 g/mol. The Labute approximate surface area is 318 Å². The predicted molar refractivity (Wildman–Crippen MR) is 225 cm³/mol. The molecule has 0 aliphatic rings. The van der Waals surface area contributed by atoms with Crippen LogP contribution in [0, 0.1) is 22.7 Å². The van der Waals surface area contributed by atoms with E-state index in [2.05, 4.69) is 94.1 Å². The second kappa shape index (κ2) is 11.2. The van der Waals surface area contributed by atoms with Crippen LogP contribution in [-0.2, 0) is 0 Å². The molecule has 0 aliphatic carbocycles. The molecule has 6 nitrogen and oxygen atoms in total. The fourth-order valence-electron chi connectivity index (χ4n) is 9.01. The first kappa shape index (κ1) is 30.4. The van der Waals surface area contributed by atoms with Crippen LogP contribution in [-0.4, -0.2) is 9.13 Å². The Morgan fingerprint density at radius 3 is 1.23 bits per heavy atom. The lowest BCUT2D eigenvalue weighted by Crippen LogP contribution is -1.99. The Bertz CT molecular complexity index is 3500. The average Bonchev–Trinajstić information content (AvgIpc) is 4.00. The van der Waals surface area contributed by atoms with Gasteiger partial charge in [0.2, 0.25) is 0 Å². The van der Waals surface area contributed by atoms with Crippen molar-refractivity contribution in [3.05, 3.63) is 169 Å². The van der Waals surface area contributed by atoms with Crippen molar-refractivity contribution in [2.45, 2.75) is 0 Å². The highest BCUT2D eigenvalue weighted by atomic mass is 16.3. The van der Waals surface area contributed by atoms with Crippen LogP contribution in [0.15, 0.2) is 167 Å². The predicted octanol–water partition coefficient (Wildman–Crippen LogP) is 13.1. The molecule has 258 valence electrons. The molecule has 0 radical (unpaired) electrons. The maximum absolute atomic E-state index is 10.5. The van der Waals surface area contributed by atoms with Crippen molar-refractivity contribution in [3.8, 4) is 34.6 Å². The lowest BCUT2D eigenvalue weighted by atomic mass is 9.95. The summed E-state index contributed by atoms with van der Waals surface area (Å²) in [6.07, 6.45) is 0. The molecule has 0 atom stereocenters. The summed E-state index contributed by atoms with van der Waals surface area (Å²) in [6.45, 7) is 0. The zero-order valence-corrected chi connectivity index (χ0v) is 29.6. The summed E-state index contributed by atoms with van der Waals surface area (Å²) in [4.78, 5) is 0. The van der Waals surface area contributed by atoms with Crippen molar-refractivity contribution in [1.82, 2.24) is 9.13 Å². The summed E-state index contributed by atoms with van der Waals surface area (Å²) in [6, 6.07) is 58.1. The van der Waals surface area contributed by atoms with Crippen molar-refractivity contribution in [2.24, 2.45) is 0 Å². The molecule has 6 heteroatoms. The number of aromatic nitrogens is 2. The van der Waals surface area contributed by atoms with Gasteiger partial charge in [-0.05, 0) is 84.9 Å². The summed E-state index contributed by atoms with van der Waals surface area (Å²) < 4.78 is 17.5. The quantitative estimate of drug-likeness (QED) is 0.182. The molecular formula is C50H26N4O2. The van der Waals surface area contributed by atoms with Gasteiger partial charge in [0.05, 0.1) is 56.1 Å². The zero-order valence-electron chi connectivity index (χ0n) is 29.6. The third kappa shape index (κ3) is 4.02. The van der Waals surface area contributed by atoms with E-state index in [0.717, 1.165) is 98.9 Å². The number of hydrogen-bond acceptors (Lipinski definition) is 4. The molecule has 0 saturated heterocycles. The highest BCUT2D eigenvalue weighted by Gasteiger charge is 2.22. The van der Waals surface area contributed by atoms with Crippen LogP contribution in [0.2, 0.25) is 0 Å². The van der Waals surface area contributed by atoms with Gasteiger partial charge in [0.1, 0.15) is 22.3 Å². The molecule has 4 heterocycles. The Hall–Kier alpha value is -8.06. The Morgan fingerprint density at radius 1 is 0.375 bits per heavy atom. The maximum atomic E-state index is 10.5. The first-order valence-electron chi connectivity index (χ1n) is 18.5. The highest BCUT2D eigenvalue weighted by Crippen LogP contribution is 2.43. The number of benzene rings is 8. The van der Waals surface area contributed by atoms with Gasteiger partial charge in [-0.2, -0.15) is 10.5 Å². The van der Waals surface area contributed by atoms with E-state index in [1.54, 1.807) is 0 Å². The van der Waals surface area contributed by atoms with Crippen LogP contribution < -0.4 is 0 Å². The number of hydrogen-bond donors (Lipinski definition) is 0. The summed E-state index contributed by atoms with van der Waals surface area (Å²) in [5.74, 6) is 0. The van der Waals surface area contributed by atoms with E-state index in [4.69, 9.17) is 8.83 Å². The summed E-state index contributed by atoms with van der Waals surface area (Å²) in [5.41, 5.74) is 11.5. The van der Waals surface area contributed by atoms with Gasteiger partial charge in [-0.25, -0.2) is 0 Å². The van der Waals surface area contributed by atoms with E-state index in [0.29, 0.717) is 22.3 Å². The fraction of sp³-hybridized carbons (Fsp3) is 0. The SMILES string of the molecule is N#Cc1ccc(-n2c3ccccc3c3c4oc5ccccc5c4ccc32)cc1-c1cc(-n2c3ccccc3c3c4oc5ccccc5c4ccc32)ccc1C#N. The maximum Gasteiger partial charge on any atom is 0.145 e. The molecule has 0 N–H and O–H groups in total. The van der Waals surface area contributed by atoms with Crippen LogP contribution >= 0.6 is 0 Å². The van der Waals surface area contributed by atoms with E-state index in [-0.39, 0.29) is 0 Å². The number of para-hydroxylation sites is 4. The summed E-state index contributed by atoms with van der Waals surface area (Å²) in [7, 11) is 0. The molecule has 0 saturated carbocycles. The van der Waals surface area contributed by atoms with Gasteiger partial charge in [-0.3, -0.25) is 0 Å². The Morgan fingerprint density at radius 2 is 0.786 bits per heavy atom. The van der Waals surface area contributed by atoms with E-state index in [1.165, 1.54) is 0 Å². The van der Waals surface area contributed by atoms with Gasteiger partial charge in [0, 0.05) is 54.8 Å². The lowest BCUT2D eigenvalue weighted by Gasteiger charge is -2.15. The van der Waals surface area contributed by atoms with Crippen LogP contribution in [0.25, 0.3) is 110 Å². The van der Waals surface area contributed by atoms with Crippen molar-refractivity contribution in [2.75, 3.05) is 0 Å². The van der Waals surface area contributed by atoms with Crippen LogP contribution in [0.1, 0.15) is 11.1 Å². The smallest absolute Gasteiger partial charge is 0.145 e. The molecule has 56 heavy (non-hydrogen) atoms.